The minimum Gasteiger partial charge on any atom is -0.508 e. The van der Waals surface area contributed by atoms with Crippen LogP contribution in [0.5, 0.6) is 5.75 Å². The maximum Gasteiger partial charge on any atom is 0.338 e. The van der Waals surface area contributed by atoms with Crippen LogP contribution in [0.15, 0.2) is 12.1 Å². The minimum absolute atomic E-state index is 0.102. The van der Waals surface area contributed by atoms with Gasteiger partial charge in [0.2, 0.25) is 0 Å². The molecule has 1 aromatic rings. The van der Waals surface area contributed by atoms with Crippen LogP contribution < -0.4 is 0 Å². The summed E-state index contributed by atoms with van der Waals surface area (Å²) in [6.07, 6.45) is 0.802. The first-order valence-electron chi connectivity index (χ1n) is 5.36. The maximum absolute atomic E-state index is 11.6. The van der Waals surface area contributed by atoms with Gasteiger partial charge in [0.15, 0.2) is 0 Å². The van der Waals surface area contributed by atoms with Gasteiger partial charge in [0, 0.05) is 0 Å². The van der Waals surface area contributed by atoms with Crippen molar-refractivity contribution in [3.05, 3.63) is 28.8 Å². The van der Waals surface area contributed by atoms with Crippen molar-refractivity contribution in [3.8, 4) is 5.75 Å². The number of esters is 1. The number of carbonyl (C=O) groups excluding carboxylic acids is 1. The molecular weight excluding hydrogens is 204 g/mol. The monoisotopic (exact) mass is 222 g/mol. The molecule has 0 saturated heterocycles. The summed E-state index contributed by atoms with van der Waals surface area (Å²) >= 11 is 0. The highest BCUT2D eigenvalue weighted by Crippen LogP contribution is 2.24. The maximum atomic E-state index is 11.6. The third-order valence-corrected chi connectivity index (χ3v) is 2.48. The van der Waals surface area contributed by atoms with Crippen molar-refractivity contribution in [2.24, 2.45) is 5.92 Å². The SMILES string of the molecule is COC(=O)c1cc(O)cc(C)c1CC(C)C. The standard InChI is InChI=1S/C13H18O3/c1-8(2)5-11-9(3)6-10(14)7-12(11)13(15)16-4/h6-8,14H,5H2,1-4H3. The fourth-order valence-corrected chi connectivity index (χ4v) is 1.77. The smallest absolute Gasteiger partial charge is 0.338 e. The molecule has 0 bridgehead atoms. The Morgan fingerprint density at radius 2 is 2.06 bits per heavy atom. The number of phenols is 1. The van der Waals surface area contributed by atoms with Gasteiger partial charge < -0.3 is 9.84 Å². The van der Waals surface area contributed by atoms with Crippen LogP contribution in [0.3, 0.4) is 0 Å². The summed E-state index contributed by atoms with van der Waals surface area (Å²) < 4.78 is 4.72. The molecule has 88 valence electrons. The van der Waals surface area contributed by atoms with Crippen molar-refractivity contribution in [2.75, 3.05) is 7.11 Å². The first-order chi connectivity index (χ1) is 7.45. The second-order valence-corrected chi connectivity index (χ2v) is 4.38. The first kappa shape index (κ1) is 12.6. The van der Waals surface area contributed by atoms with E-state index in [1.54, 1.807) is 6.07 Å². The molecule has 3 nitrogen and oxygen atoms in total. The lowest BCUT2D eigenvalue weighted by Gasteiger charge is -2.13. The molecular formula is C13H18O3. The van der Waals surface area contributed by atoms with Crippen molar-refractivity contribution < 1.29 is 14.6 Å². The molecule has 0 aliphatic heterocycles. The van der Waals surface area contributed by atoms with Crippen molar-refractivity contribution in [1.82, 2.24) is 0 Å². The van der Waals surface area contributed by atoms with Crippen LogP contribution in [-0.2, 0) is 11.2 Å². The molecule has 0 unspecified atom stereocenters. The molecule has 0 amide bonds. The number of ether oxygens (including phenoxy) is 1. The Balaban J connectivity index is 3.26. The van der Waals surface area contributed by atoms with E-state index in [9.17, 15) is 9.90 Å². The molecule has 1 N–H and O–H groups in total. The Labute approximate surface area is 96.1 Å². The summed E-state index contributed by atoms with van der Waals surface area (Å²) in [6, 6.07) is 3.14. The van der Waals surface area contributed by atoms with E-state index in [2.05, 4.69) is 13.8 Å². The zero-order valence-corrected chi connectivity index (χ0v) is 10.2. The second kappa shape index (κ2) is 5.01. The van der Waals surface area contributed by atoms with E-state index in [4.69, 9.17) is 4.74 Å². The Morgan fingerprint density at radius 1 is 1.44 bits per heavy atom. The molecule has 16 heavy (non-hydrogen) atoms. The van der Waals surface area contributed by atoms with E-state index in [-0.39, 0.29) is 5.75 Å². The molecule has 3 heteroatoms. The Kier molecular flexibility index (Phi) is 3.93. The number of aromatic hydroxyl groups is 1. The number of methoxy groups -OCH3 is 1. The number of phenolic OH excluding ortho intramolecular Hbond substituents is 1. The van der Waals surface area contributed by atoms with Gasteiger partial charge in [-0.2, -0.15) is 0 Å². The molecule has 1 aromatic carbocycles. The van der Waals surface area contributed by atoms with Crippen LogP contribution in [0, 0.1) is 12.8 Å². The zero-order valence-electron chi connectivity index (χ0n) is 10.2. The number of carbonyl (C=O) groups is 1. The molecule has 0 fully saturated rings. The van der Waals surface area contributed by atoms with Gasteiger partial charge in [-0.1, -0.05) is 13.8 Å². The summed E-state index contributed by atoms with van der Waals surface area (Å²) in [5.41, 5.74) is 2.35. The fraction of sp³-hybridized carbons (Fsp3) is 0.462. The van der Waals surface area contributed by atoms with Crippen LogP contribution >= 0.6 is 0 Å². The van der Waals surface area contributed by atoms with Gasteiger partial charge in [-0.15, -0.1) is 0 Å². The third-order valence-electron chi connectivity index (χ3n) is 2.48. The Morgan fingerprint density at radius 3 is 2.56 bits per heavy atom. The van der Waals surface area contributed by atoms with E-state index >= 15 is 0 Å². The van der Waals surface area contributed by atoms with E-state index < -0.39 is 5.97 Å². The van der Waals surface area contributed by atoms with E-state index in [0.717, 1.165) is 17.5 Å². The normalized spacial score (nSPS) is 10.6. The number of rotatable bonds is 3. The average Bonchev–Trinajstić information content (AvgIpc) is 2.20. The molecule has 0 aliphatic carbocycles. The van der Waals surface area contributed by atoms with E-state index in [1.165, 1.54) is 13.2 Å². The minimum atomic E-state index is -0.394. The summed E-state index contributed by atoms with van der Waals surface area (Å²) in [7, 11) is 1.35. The van der Waals surface area contributed by atoms with Crippen LogP contribution in [0.2, 0.25) is 0 Å². The quantitative estimate of drug-likeness (QED) is 0.800. The predicted molar refractivity (Wildman–Crippen MR) is 62.7 cm³/mol. The van der Waals surface area contributed by atoms with Gasteiger partial charge in [0.25, 0.3) is 0 Å². The molecule has 0 heterocycles. The van der Waals surface area contributed by atoms with Crippen LogP contribution in [0.25, 0.3) is 0 Å². The Bertz CT molecular complexity index is 394. The lowest BCUT2D eigenvalue weighted by Crippen LogP contribution is -2.09. The van der Waals surface area contributed by atoms with Gasteiger partial charge >= 0.3 is 5.97 Å². The summed E-state index contributed by atoms with van der Waals surface area (Å²) in [5, 5.41) is 9.49. The Hall–Kier alpha value is -1.51. The summed E-state index contributed by atoms with van der Waals surface area (Å²) in [4.78, 5) is 11.6. The molecule has 0 atom stereocenters. The molecule has 0 spiro atoms. The topological polar surface area (TPSA) is 46.5 Å². The van der Waals surface area contributed by atoms with Crippen molar-refractivity contribution >= 4 is 5.97 Å². The van der Waals surface area contributed by atoms with Crippen molar-refractivity contribution in [2.45, 2.75) is 27.2 Å². The highest BCUT2D eigenvalue weighted by molar-refractivity contribution is 5.92. The lowest BCUT2D eigenvalue weighted by molar-refractivity contribution is 0.0598. The second-order valence-electron chi connectivity index (χ2n) is 4.38. The van der Waals surface area contributed by atoms with Crippen molar-refractivity contribution in [1.29, 1.82) is 0 Å². The van der Waals surface area contributed by atoms with Crippen LogP contribution in [-0.4, -0.2) is 18.2 Å². The van der Waals surface area contributed by atoms with Crippen LogP contribution in [0.1, 0.15) is 35.3 Å². The summed E-state index contributed by atoms with van der Waals surface area (Å²) in [6.45, 7) is 6.07. The largest absolute Gasteiger partial charge is 0.508 e. The van der Waals surface area contributed by atoms with Gasteiger partial charge in [0.1, 0.15) is 5.75 Å². The number of benzene rings is 1. The van der Waals surface area contributed by atoms with Gasteiger partial charge in [-0.05, 0) is 42.5 Å². The summed E-state index contributed by atoms with van der Waals surface area (Å²) in [5.74, 6) is 0.159. The predicted octanol–water partition coefficient (Wildman–Crippen LogP) is 2.69. The van der Waals surface area contributed by atoms with Gasteiger partial charge in [-0.25, -0.2) is 4.79 Å². The van der Waals surface area contributed by atoms with Crippen LogP contribution in [0.4, 0.5) is 0 Å². The lowest BCUT2D eigenvalue weighted by atomic mass is 9.93. The molecule has 0 aliphatic rings. The highest BCUT2D eigenvalue weighted by atomic mass is 16.5. The third kappa shape index (κ3) is 2.75. The number of hydrogen-bond acceptors (Lipinski definition) is 3. The number of hydrogen-bond donors (Lipinski definition) is 1. The van der Waals surface area contributed by atoms with Gasteiger partial charge in [0.05, 0.1) is 12.7 Å². The number of aryl methyl sites for hydroxylation is 1. The fourth-order valence-electron chi connectivity index (χ4n) is 1.77. The molecule has 0 aromatic heterocycles. The van der Waals surface area contributed by atoms with Gasteiger partial charge in [-0.3, -0.25) is 0 Å². The van der Waals surface area contributed by atoms with E-state index in [0.29, 0.717) is 11.5 Å². The highest BCUT2D eigenvalue weighted by Gasteiger charge is 2.16. The molecule has 0 saturated carbocycles. The van der Waals surface area contributed by atoms with E-state index in [1.807, 2.05) is 6.92 Å². The zero-order chi connectivity index (χ0) is 12.3. The first-order valence-corrected chi connectivity index (χ1v) is 5.36. The molecule has 1 rings (SSSR count). The van der Waals surface area contributed by atoms with Crippen molar-refractivity contribution in [3.63, 3.8) is 0 Å². The average molecular weight is 222 g/mol. The molecule has 0 radical (unpaired) electrons.